The number of primary amides is 1. The first-order valence-electron chi connectivity index (χ1n) is 8.84. The van der Waals surface area contributed by atoms with Crippen LogP contribution in [0.1, 0.15) is 20.7 Å². The Bertz CT molecular complexity index is 977. The number of nitrogens with two attached hydrogens (primary N) is 1. The van der Waals surface area contributed by atoms with E-state index in [0.29, 0.717) is 11.5 Å². The number of rotatable bonds is 9. The quantitative estimate of drug-likeness (QED) is 0.375. The molecule has 0 spiro atoms. The number of benzene rings is 2. The molecule has 2 aromatic carbocycles. The summed E-state index contributed by atoms with van der Waals surface area (Å²) in [5, 5.41) is 0. The standard InChI is InChI=1S/C20H21N3O8/c1-28-15-8-7-12(9-16(15)29-2)19(26)23-22-18(25)11-31-20(27)13-5-3-4-6-14(13)30-10-17(21)24/h3-9H,10-11H2,1-2H3,(H2,21,24)(H,22,25)(H,23,26). The number of hydrogen-bond acceptors (Lipinski definition) is 8. The van der Waals surface area contributed by atoms with Gasteiger partial charge in [0.1, 0.15) is 11.3 Å². The fourth-order valence-electron chi connectivity index (χ4n) is 2.33. The number of hydrazine groups is 1. The molecule has 0 atom stereocenters. The molecule has 0 saturated carbocycles. The fraction of sp³-hybridized carbons (Fsp3) is 0.200. The van der Waals surface area contributed by atoms with Gasteiger partial charge in [0.2, 0.25) is 0 Å². The van der Waals surface area contributed by atoms with Gasteiger partial charge in [-0.15, -0.1) is 0 Å². The van der Waals surface area contributed by atoms with Crippen LogP contribution in [0.15, 0.2) is 42.5 Å². The Kier molecular flexibility index (Phi) is 8.20. The van der Waals surface area contributed by atoms with Gasteiger partial charge in [0.15, 0.2) is 24.7 Å². The van der Waals surface area contributed by atoms with Crippen LogP contribution in [-0.2, 0) is 14.3 Å². The van der Waals surface area contributed by atoms with Crippen LogP contribution in [0.3, 0.4) is 0 Å². The van der Waals surface area contributed by atoms with Gasteiger partial charge in [-0.2, -0.15) is 0 Å². The number of ether oxygens (including phenoxy) is 4. The molecule has 0 unspecified atom stereocenters. The largest absolute Gasteiger partial charge is 0.493 e. The van der Waals surface area contributed by atoms with E-state index < -0.39 is 36.9 Å². The third-order valence-electron chi connectivity index (χ3n) is 3.77. The van der Waals surface area contributed by atoms with Gasteiger partial charge in [0, 0.05) is 5.56 Å². The second-order valence-corrected chi connectivity index (χ2v) is 5.90. The minimum atomic E-state index is -0.860. The van der Waals surface area contributed by atoms with Crippen LogP contribution in [0.25, 0.3) is 0 Å². The van der Waals surface area contributed by atoms with Crippen LogP contribution in [0.5, 0.6) is 17.2 Å². The van der Waals surface area contributed by atoms with Gasteiger partial charge in [-0.1, -0.05) is 12.1 Å². The van der Waals surface area contributed by atoms with Crippen LogP contribution >= 0.6 is 0 Å². The molecule has 0 aromatic heterocycles. The number of esters is 1. The van der Waals surface area contributed by atoms with E-state index >= 15 is 0 Å². The maximum Gasteiger partial charge on any atom is 0.342 e. The molecule has 2 rings (SSSR count). The molecule has 0 fully saturated rings. The SMILES string of the molecule is COc1ccc(C(=O)NNC(=O)COC(=O)c2ccccc2OCC(N)=O)cc1OC. The molecule has 2 aromatic rings. The van der Waals surface area contributed by atoms with E-state index in [1.165, 1.54) is 44.6 Å². The summed E-state index contributed by atoms with van der Waals surface area (Å²) in [7, 11) is 2.88. The van der Waals surface area contributed by atoms with Crippen LogP contribution in [-0.4, -0.2) is 51.1 Å². The summed E-state index contributed by atoms with van der Waals surface area (Å²) in [4.78, 5) is 47.1. The Morgan fingerprint density at radius 2 is 1.58 bits per heavy atom. The lowest BCUT2D eigenvalue weighted by Crippen LogP contribution is -2.43. The Balaban J connectivity index is 1.88. The Morgan fingerprint density at radius 1 is 0.871 bits per heavy atom. The summed E-state index contributed by atoms with van der Waals surface area (Å²) in [6.45, 7) is -1.10. The van der Waals surface area contributed by atoms with Gasteiger partial charge in [-0.3, -0.25) is 25.2 Å². The summed E-state index contributed by atoms with van der Waals surface area (Å²) in [5.41, 5.74) is 9.55. The molecule has 3 amide bonds. The van der Waals surface area contributed by atoms with E-state index in [1.54, 1.807) is 12.1 Å². The highest BCUT2D eigenvalue weighted by Crippen LogP contribution is 2.27. The van der Waals surface area contributed by atoms with Gasteiger partial charge < -0.3 is 24.7 Å². The third-order valence-corrected chi connectivity index (χ3v) is 3.77. The van der Waals surface area contributed by atoms with Crippen molar-refractivity contribution in [2.24, 2.45) is 5.73 Å². The molecular formula is C20H21N3O8. The number of amides is 3. The predicted molar refractivity (Wildman–Crippen MR) is 107 cm³/mol. The summed E-state index contributed by atoms with van der Waals surface area (Å²) in [5.74, 6) is -2.12. The lowest BCUT2D eigenvalue weighted by atomic mass is 10.2. The van der Waals surface area contributed by atoms with Gasteiger partial charge in [-0.25, -0.2) is 4.79 Å². The van der Waals surface area contributed by atoms with E-state index in [0.717, 1.165) is 0 Å². The molecule has 31 heavy (non-hydrogen) atoms. The third kappa shape index (κ3) is 6.63. The summed E-state index contributed by atoms with van der Waals surface area (Å²) in [6, 6.07) is 10.4. The van der Waals surface area contributed by atoms with Gasteiger partial charge in [0.05, 0.1) is 14.2 Å². The average molecular weight is 431 g/mol. The molecule has 164 valence electrons. The maximum atomic E-state index is 12.2. The molecular weight excluding hydrogens is 410 g/mol. The smallest absolute Gasteiger partial charge is 0.342 e. The van der Waals surface area contributed by atoms with E-state index in [9.17, 15) is 19.2 Å². The highest BCUT2D eigenvalue weighted by molar-refractivity contribution is 5.97. The van der Waals surface area contributed by atoms with Gasteiger partial charge in [-0.05, 0) is 30.3 Å². The molecule has 0 saturated heterocycles. The normalized spacial score (nSPS) is 9.87. The minimum absolute atomic E-state index is 0.00548. The van der Waals surface area contributed by atoms with Crippen molar-refractivity contribution in [3.8, 4) is 17.2 Å². The predicted octanol–water partition coefficient (Wildman–Crippen LogP) is 0.186. The molecule has 0 aliphatic heterocycles. The van der Waals surface area contributed by atoms with E-state index in [2.05, 4.69) is 10.9 Å². The van der Waals surface area contributed by atoms with Crippen LogP contribution < -0.4 is 30.8 Å². The number of methoxy groups -OCH3 is 2. The van der Waals surface area contributed by atoms with Crippen molar-refractivity contribution in [3.63, 3.8) is 0 Å². The highest BCUT2D eigenvalue weighted by Gasteiger charge is 2.17. The zero-order valence-corrected chi connectivity index (χ0v) is 16.8. The van der Waals surface area contributed by atoms with Gasteiger partial charge in [0.25, 0.3) is 17.7 Å². The Morgan fingerprint density at radius 3 is 2.26 bits per heavy atom. The summed E-state index contributed by atoms with van der Waals surface area (Å²) >= 11 is 0. The van der Waals surface area contributed by atoms with Gasteiger partial charge >= 0.3 is 5.97 Å². The maximum absolute atomic E-state index is 12.2. The number of hydrogen-bond donors (Lipinski definition) is 3. The van der Waals surface area contributed by atoms with Crippen LogP contribution in [0.2, 0.25) is 0 Å². The van der Waals surface area contributed by atoms with Crippen molar-refractivity contribution < 1.29 is 38.1 Å². The Hall–Kier alpha value is -4.28. The lowest BCUT2D eigenvalue weighted by molar-refractivity contribution is -0.125. The summed E-state index contributed by atoms with van der Waals surface area (Å²) in [6.07, 6.45) is 0. The number of carbonyl (C=O) groups is 4. The zero-order valence-electron chi connectivity index (χ0n) is 16.8. The fourth-order valence-corrected chi connectivity index (χ4v) is 2.33. The lowest BCUT2D eigenvalue weighted by Gasteiger charge is -2.12. The molecule has 0 heterocycles. The zero-order chi connectivity index (χ0) is 22.8. The first kappa shape index (κ1) is 23.0. The topological polar surface area (TPSA) is 155 Å². The monoisotopic (exact) mass is 431 g/mol. The van der Waals surface area contributed by atoms with Crippen molar-refractivity contribution in [2.45, 2.75) is 0 Å². The van der Waals surface area contributed by atoms with Crippen molar-refractivity contribution in [1.29, 1.82) is 0 Å². The summed E-state index contributed by atoms with van der Waals surface area (Å²) < 4.78 is 20.2. The Labute approximate surface area is 177 Å². The van der Waals surface area contributed by atoms with E-state index in [-0.39, 0.29) is 16.9 Å². The molecule has 4 N–H and O–H groups in total. The molecule has 11 heteroatoms. The minimum Gasteiger partial charge on any atom is -0.493 e. The molecule has 0 aliphatic carbocycles. The first-order chi connectivity index (χ1) is 14.8. The number of carbonyl (C=O) groups excluding carboxylic acids is 4. The van der Waals surface area contributed by atoms with Crippen molar-refractivity contribution in [2.75, 3.05) is 27.4 Å². The second-order valence-electron chi connectivity index (χ2n) is 5.90. The number of nitrogens with one attached hydrogen (secondary N) is 2. The van der Waals surface area contributed by atoms with Crippen LogP contribution in [0.4, 0.5) is 0 Å². The molecule has 11 nitrogen and oxygen atoms in total. The second kappa shape index (κ2) is 11.0. The molecule has 0 aliphatic rings. The van der Waals surface area contributed by atoms with Crippen molar-refractivity contribution in [1.82, 2.24) is 10.9 Å². The van der Waals surface area contributed by atoms with E-state index in [1.807, 2.05) is 0 Å². The number of para-hydroxylation sites is 1. The highest BCUT2D eigenvalue weighted by atomic mass is 16.5. The molecule has 0 radical (unpaired) electrons. The molecule has 0 bridgehead atoms. The van der Waals surface area contributed by atoms with Crippen LogP contribution in [0, 0.1) is 0 Å². The first-order valence-corrected chi connectivity index (χ1v) is 8.84. The van der Waals surface area contributed by atoms with E-state index in [4.69, 9.17) is 24.7 Å². The van der Waals surface area contributed by atoms with Crippen molar-refractivity contribution >= 4 is 23.7 Å². The average Bonchev–Trinajstić information content (AvgIpc) is 2.79. The van der Waals surface area contributed by atoms with Crippen molar-refractivity contribution in [3.05, 3.63) is 53.6 Å².